The summed E-state index contributed by atoms with van der Waals surface area (Å²) in [4.78, 5) is 57.6. The van der Waals surface area contributed by atoms with Gasteiger partial charge in [0.15, 0.2) is 0 Å². The van der Waals surface area contributed by atoms with Gasteiger partial charge in [-0.1, -0.05) is 26.8 Å². The van der Waals surface area contributed by atoms with Crippen molar-refractivity contribution < 1.29 is 38.4 Å². The Morgan fingerprint density at radius 2 is 1.74 bits per heavy atom. The number of hydrogen-bond donors (Lipinski definition) is 3. The number of aryl methyl sites for hydroxylation is 1. The van der Waals surface area contributed by atoms with Crippen LogP contribution in [0.3, 0.4) is 0 Å². The van der Waals surface area contributed by atoms with Gasteiger partial charge in [-0.15, -0.1) is 6.58 Å². The summed E-state index contributed by atoms with van der Waals surface area (Å²) in [7, 11) is 8.91. The number of amides is 4. The van der Waals surface area contributed by atoms with Gasteiger partial charge in [-0.05, 0) is 55.6 Å². The van der Waals surface area contributed by atoms with E-state index in [9.17, 15) is 24.3 Å². The fourth-order valence-electron chi connectivity index (χ4n) is 6.90. The largest absolute Gasteiger partial charge is 0.496 e. The number of hydrogen-bond acceptors (Lipinski definition) is 10. The molecule has 3 N–H and O–H groups in total. The average Bonchev–Trinajstić information content (AvgIpc) is 3.52. The first-order chi connectivity index (χ1) is 25.6. The fraction of sp³-hybridized carbons (Fsp3) is 0.590. The molecule has 0 unspecified atom stereocenters. The van der Waals surface area contributed by atoms with Crippen molar-refractivity contribution in [3.05, 3.63) is 58.0 Å². The molecule has 3 heterocycles. The maximum absolute atomic E-state index is 13.3. The normalized spacial score (nSPS) is 17.6. The lowest BCUT2D eigenvalue weighted by Gasteiger charge is -2.35. The van der Waals surface area contributed by atoms with E-state index in [1.807, 2.05) is 58.1 Å². The van der Waals surface area contributed by atoms with Gasteiger partial charge in [0.2, 0.25) is 11.8 Å². The van der Waals surface area contributed by atoms with Crippen LogP contribution in [-0.2, 0) is 45.6 Å². The SMILES string of the molecule is C=C[C@@H]1C[C@@H](O)CN1C(=O)[C@@H](NC(=O)COCCOCCNC(=O)N1CCc2c(-c3cc(OC)c(CN(C)C)c(OC)c3)cn(C)c(=O)c2C1)C(C)(C)C. The van der Waals surface area contributed by atoms with Crippen molar-refractivity contribution in [3.8, 4) is 22.6 Å². The van der Waals surface area contributed by atoms with E-state index < -0.39 is 23.5 Å². The topological polar surface area (TPSA) is 164 Å². The zero-order valence-electron chi connectivity index (χ0n) is 33.0. The van der Waals surface area contributed by atoms with E-state index in [-0.39, 0.29) is 69.6 Å². The van der Waals surface area contributed by atoms with Crippen molar-refractivity contribution in [2.24, 2.45) is 12.5 Å². The Bertz CT molecular complexity index is 1690. The number of ether oxygens (including phenoxy) is 4. The first-order valence-electron chi connectivity index (χ1n) is 18.3. The molecule has 1 aromatic heterocycles. The van der Waals surface area contributed by atoms with Crippen LogP contribution in [0.2, 0.25) is 0 Å². The first kappa shape index (κ1) is 42.3. The number of nitrogens with zero attached hydrogens (tertiary/aromatic N) is 4. The Morgan fingerprint density at radius 3 is 2.35 bits per heavy atom. The predicted octanol–water partition coefficient (Wildman–Crippen LogP) is 1.91. The summed E-state index contributed by atoms with van der Waals surface area (Å²) in [6.07, 6.45) is 3.76. The molecule has 2 aromatic rings. The first-order valence-corrected chi connectivity index (χ1v) is 18.3. The number of aliphatic hydroxyl groups excluding tert-OH is 1. The van der Waals surface area contributed by atoms with Crippen LogP contribution < -0.4 is 25.7 Å². The highest BCUT2D eigenvalue weighted by atomic mass is 16.5. The Balaban J connectivity index is 1.24. The molecule has 298 valence electrons. The number of likely N-dealkylation sites (tertiary alicyclic amines) is 1. The Morgan fingerprint density at radius 1 is 1.07 bits per heavy atom. The standard InChI is InChI=1S/C39H58N6O9/c1-10-26-19-27(46)20-45(26)37(49)35(39(2,3)4)41-34(47)24-54-16-15-53-14-12-40-38(50)44-13-11-28-29(22-43(7)36(48)30(28)23-44)25-17-32(51-8)31(21-42(5)6)33(18-25)52-9/h10,17-18,22,26-27,35,46H,1,11-16,19-21,23-24H2,2-9H3,(H,40,50)(H,41,47)/t26-,27-,35-/m1/s1. The van der Waals surface area contributed by atoms with Crippen molar-refractivity contribution in [2.75, 3.05) is 74.4 Å². The summed E-state index contributed by atoms with van der Waals surface area (Å²) in [6, 6.07) is 2.54. The van der Waals surface area contributed by atoms with E-state index in [0.29, 0.717) is 43.0 Å². The molecule has 15 nitrogen and oxygen atoms in total. The van der Waals surface area contributed by atoms with Crippen LogP contribution in [0.1, 0.15) is 43.9 Å². The lowest BCUT2D eigenvalue weighted by molar-refractivity contribution is -0.141. The molecular formula is C39H58N6O9. The van der Waals surface area contributed by atoms with Crippen molar-refractivity contribution in [1.82, 2.24) is 29.9 Å². The molecule has 0 spiro atoms. The van der Waals surface area contributed by atoms with Crippen LogP contribution in [0.5, 0.6) is 11.5 Å². The molecule has 0 bridgehead atoms. The molecule has 2 aliphatic heterocycles. The molecule has 2 aliphatic rings. The Kier molecular flexibility index (Phi) is 14.7. The fourth-order valence-corrected chi connectivity index (χ4v) is 6.90. The van der Waals surface area contributed by atoms with Crippen molar-refractivity contribution in [1.29, 1.82) is 0 Å². The van der Waals surface area contributed by atoms with Crippen LogP contribution in [-0.4, -0.2) is 135 Å². The van der Waals surface area contributed by atoms with Gasteiger partial charge in [-0.25, -0.2) is 4.79 Å². The number of nitrogens with one attached hydrogen (secondary N) is 2. The zero-order chi connectivity index (χ0) is 39.7. The molecule has 3 atom stereocenters. The number of pyridine rings is 1. The van der Waals surface area contributed by atoms with Gasteiger partial charge in [-0.3, -0.25) is 14.4 Å². The predicted molar refractivity (Wildman–Crippen MR) is 204 cm³/mol. The van der Waals surface area contributed by atoms with Gasteiger partial charge in [0.25, 0.3) is 5.56 Å². The molecule has 0 aliphatic carbocycles. The van der Waals surface area contributed by atoms with E-state index >= 15 is 0 Å². The van der Waals surface area contributed by atoms with Crippen LogP contribution >= 0.6 is 0 Å². The van der Waals surface area contributed by atoms with E-state index in [2.05, 4.69) is 17.2 Å². The third-order valence-corrected chi connectivity index (χ3v) is 9.67. The molecule has 1 fully saturated rings. The minimum absolute atomic E-state index is 0.136. The highest BCUT2D eigenvalue weighted by Gasteiger charge is 2.41. The molecule has 4 rings (SSSR count). The summed E-state index contributed by atoms with van der Waals surface area (Å²) in [5.41, 5.74) is 3.42. The summed E-state index contributed by atoms with van der Waals surface area (Å²) in [6.45, 7) is 11.3. The van der Waals surface area contributed by atoms with E-state index in [4.69, 9.17) is 18.9 Å². The maximum Gasteiger partial charge on any atom is 0.317 e. The van der Waals surface area contributed by atoms with Crippen LogP contribution in [0, 0.1) is 5.41 Å². The van der Waals surface area contributed by atoms with Crippen LogP contribution in [0.25, 0.3) is 11.1 Å². The molecule has 0 saturated carbocycles. The van der Waals surface area contributed by atoms with E-state index in [1.165, 1.54) is 0 Å². The van der Waals surface area contributed by atoms with Gasteiger partial charge >= 0.3 is 6.03 Å². The van der Waals surface area contributed by atoms with Crippen LogP contribution in [0.15, 0.2) is 35.8 Å². The van der Waals surface area contributed by atoms with Gasteiger partial charge in [0.05, 0.1) is 58.3 Å². The summed E-state index contributed by atoms with van der Waals surface area (Å²) < 4.78 is 24.1. The molecule has 1 aromatic carbocycles. The highest BCUT2D eigenvalue weighted by molar-refractivity contribution is 5.89. The Labute approximate surface area is 318 Å². The van der Waals surface area contributed by atoms with Gasteiger partial charge in [-0.2, -0.15) is 0 Å². The number of carbonyl (C=O) groups excluding carboxylic acids is 3. The van der Waals surface area contributed by atoms with Crippen molar-refractivity contribution >= 4 is 17.8 Å². The average molecular weight is 755 g/mol. The second kappa shape index (κ2) is 18.7. The highest BCUT2D eigenvalue weighted by Crippen LogP contribution is 2.38. The number of urea groups is 1. The summed E-state index contributed by atoms with van der Waals surface area (Å²) >= 11 is 0. The second-order valence-corrected chi connectivity index (χ2v) is 15.1. The molecule has 54 heavy (non-hydrogen) atoms. The maximum atomic E-state index is 13.3. The Hall–Kier alpha value is -4.44. The summed E-state index contributed by atoms with van der Waals surface area (Å²) in [5.74, 6) is 0.675. The molecule has 0 radical (unpaired) electrons. The summed E-state index contributed by atoms with van der Waals surface area (Å²) in [5, 5.41) is 15.7. The smallest absolute Gasteiger partial charge is 0.317 e. The van der Waals surface area contributed by atoms with Gasteiger partial charge in [0, 0.05) is 50.6 Å². The third kappa shape index (κ3) is 10.4. The molecular weight excluding hydrogens is 696 g/mol. The lowest BCUT2D eigenvalue weighted by atomic mass is 9.85. The number of β-amino-alcohol motifs (C(OH)–C–C–N with tert-alkyl or cyclic N) is 1. The quantitative estimate of drug-likeness (QED) is 0.171. The molecule has 1 saturated heterocycles. The number of fused-ring (bicyclic) bond motifs is 1. The number of aromatic nitrogens is 1. The molecule has 4 amide bonds. The van der Waals surface area contributed by atoms with Crippen molar-refractivity contribution in [2.45, 2.75) is 64.9 Å². The number of rotatable bonds is 16. The number of aliphatic hydroxyl groups is 1. The number of methoxy groups -OCH3 is 2. The zero-order valence-corrected chi connectivity index (χ0v) is 33.0. The van der Waals surface area contributed by atoms with Gasteiger partial charge < -0.3 is 54.0 Å². The molecule has 15 heteroatoms. The third-order valence-electron chi connectivity index (χ3n) is 9.67. The minimum atomic E-state index is -0.807. The minimum Gasteiger partial charge on any atom is -0.496 e. The van der Waals surface area contributed by atoms with Crippen LogP contribution in [0.4, 0.5) is 4.79 Å². The number of carbonyl (C=O) groups is 3. The van der Waals surface area contributed by atoms with Crippen molar-refractivity contribution in [3.63, 3.8) is 0 Å². The second-order valence-electron chi connectivity index (χ2n) is 15.1. The lowest BCUT2D eigenvalue weighted by Crippen LogP contribution is -2.56. The van der Waals surface area contributed by atoms with E-state index in [1.54, 1.807) is 41.7 Å². The number of benzene rings is 1. The monoisotopic (exact) mass is 754 g/mol. The van der Waals surface area contributed by atoms with E-state index in [0.717, 1.165) is 22.3 Å². The van der Waals surface area contributed by atoms with Gasteiger partial charge in [0.1, 0.15) is 24.1 Å².